The second kappa shape index (κ2) is 8.37. The molecule has 162 valence electrons. The van der Waals surface area contributed by atoms with Crippen LogP contribution in [0, 0.1) is 5.82 Å². The van der Waals surface area contributed by atoms with Crippen molar-refractivity contribution in [2.45, 2.75) is 36.3 Å². The van der Waals surface area contributed by atoms with Crippen molar-refractivity contribution in [2.75, 3.05) is 12.0 Å². The molecule has 0 amide bonds. The normalized spacial score (nSPS) is 14.4. The lowest BCUT2D eigenvalue weighted by Gasteiger charge is -2.28. The van der Waals surface area contributed by atoms with Crippen molar-refractivity contribution in [3.63, 3.8) is 0 Å². The van der Waals surface area contributed by atoms with E-state index in [9.17, 15) is 13.2 Å². The minimum absolute atomic E-state index is 0.0378. The molecule has 0 unspecified atom stereocenters. The van der Waals surface area contributed by atoms with E-state index in [1.54, 1.807) is 18.4 Å². The van der Waals surface area contributed by atoms with Gasteiger partial charge in [0.25, 0.3) is 0 Å². The van der Waals surface area contributed by atoms with Crippen LogP contribution < -0.4 is 10.5 Å². The van der Waals surface area contributed by atoms with Crippen LogP contribution in [-0.2, 0) is 6.18 Å². The van der Waals surface area contributed by atoms with Crippen LogP contribution in [0.15, 0.2) is 47.6 Å². The van der Waals surface area contributed by atoms with Crippen LogP contribution in [0.4, 0.5) is 23.4 Å². The fourth-order valence-corrected chi connectivity index (χ4v) is 3.89. The molecule has 2 aromatic carbocycles. The van der Waals surface area contributed by atoms with Gasteiger partial charge >= 0.3 is 6.18 Å². The summed E-state index contributed by atoms with van der Waals surface area (Å²) in [5.74, 6) is -1.20. The molecule has 1 aliphatic carbocycles. The first-order chi connectivity index (χ1) is 14.8. The Morgan fingerprint density at radius 2 is 1.87 bits per heavy atom. The maximum Gasteiger partial charge on any atom is 0.420 e. The average Bonchev–Trinajstić information content (AvgIpc) is 2.69. The molecule has 2 N–H and O–H groups in total. The van der Waals surface area contributed by atoms with E-state index < -0.39 is 23.3 Å². The highest BCUT2D eigenvalue weighted by Crippen LogP contribution is 2.47. The van der Waals surface area contributed by atoms with Crippen molar-refractivity contribution < 1.29 is 22.3 Å². The molecular formula is C22H19F4N3OS. The van der Waals surface area contributed by atoms with E-state index in [0.29, 0.717) is 10.5 Å². The van der Waals surface area contributed by atoms with E-state index in [0.717, 1.165) is 25.3 Å². The molecule has 0 radical (unpaired) electrons. The number of rotatable bonds is 5. The van der Waals surface area contributed by atoms with Gasteiger partial charge in [-0.15, -0.1) is 11.8 Å². The lowest BCUT2D eigenvalue weighted by atomic mass is 9.79. The first-order valence-electron chi connectivity index (χ1n) is 9.61. The number of benzene rings is 2. The van der Waals surface area contributed by atoms with E-state index in [4.69, 9.17) is 10.5 Å². The Bertz CT molecular complexity index is 1100. The van der Waals surface area contributed by atoms with Gasteiger partial charge in [-0.05, 0) is 49.3 Å². The number of aromatic nitrogens is 2. The number of thioether (sulfide) groups is 1. The molecule has 4 nitrogen and oxygen atoms in total. The maximum absolute atomic E-state index is 15.6. The van der Waals surface area contributed by atoms with Crippen LogP contribution in [0.1, 0.15) is 36.3 Å². The average molecular weight is 449 g/mol. The fraction of sp³-hybridized carbons (Fsp3) is 0.273. The topological polar surface area (TPSA) is 61.0 Å². The van der Waals surface area contributed by atoms with Crippen molar-refractivity contribution >= 4 is 17.6 Å². The molecule has 0 bridgehead atoms. The number of hydrogen-bond acceptors (Lipinski definition) is 5. The van der Waals surface area contributed by atoms with Gasteiger partial charge in [0.2, 0.25) is 0 Å². The standard InChI is InChI=1S/C22H19F4N3OS/c1-31-13-5-8-18(16(9-13)22(24,25)26)30-21-14(12-3-2-4-12)6-7-15(20(21)23)17-10-29-19(27)11-28-17/h5-12H,2-4H2,1H3,(H2,27,29). The van der Waals surface area contributed by atoms with Crippen LogP contribution in [0.5, 0.6) is 11.5 Å². The summed E-state index contributed by atoms with van der Waals surface area (Å²) in [5.41, 5.74) is 5.45. The Morgan fingerprint density at radius 3 is 2.45 bits per heavy atom. The smallest absolute Gasteiger partial charge is 0.420 e. The fourth-order valence-electron chi connectivity index (χ4n) is 3.45. The number of hydrogen-bond donors (Lipinski definition) is 1. The van der Waals surface area contributed by atoms with Gasteiger partial charge in [-0.25, -0.2) is 9.37 Å². The van der Waals surface area contributed by atoms with E-state index in [1.165, 1.54) is 36.3 Å². The predicted octanol–water partition coefficient (Wildman–Crippen LogP) is 6.67. The van der Waals surface area contributed by atoms with Crippen LogP contribution in [0.3, 0.4) is 0 Å². The molecule has 4 rings (SSSR count). The number of ether oxygens (including phenoxy) is 1. The number of halogens is 4. The minimum atomic E-state index is -4.64. The second-order valence-electron chi connectivity index (χ2n) is 7.26. The van der Waals surface area contributed by atoms with Gasteiger partial charge in [0.05, 0.1) is 23.7 Å². The summed E-state index contributed by atoms with van der Waals surface area (Å²) < 4.78 is 62.3. The van der Waals surface area contributed by atoms with Crippen LogP contribution in [-0.4, -0.2) is 16.2 Å². The highest BCUT2D eigenvalue weighted by Gasteiger charge is 2.36. The molecular weight excluding hydrogens is 430 g/mol. The summed E-state index contributed by atoms with van der Waals surface area (Å²) in [7, 11) is 0. The molecule has 0 spiro atoms. The first-order valence-corrected chi connectivity index (χ1v) is 10.8. The highest BCUT2D eigenvalue weighted by atomic mass is 32.2. The monoisotopic (exact) mass is 449 g/mol. The SMILES string of the molecule is CSc1ccc(Oc2c(C3CCC3)ccc(-c3cnc(N)cn3)c2F)c(C(F)(F)F)c1. The Labute approximate surface area is 180 Å². The van der Waals surface area contributed by atoms with E-state index in [2.05, 4.69) is 9.97 Å². The van der Waals surface area contributed by atoms with Crippen molar-refractivity contribution in [3.05, 3.63) is 59.7 Å². The molecule has 1 aromatic heterocycles. The molecule has 0 atom stereocenters. The number of alkyl halides is 3. The first kappa shape index (κ1) is 21.4. The summed E-state index contributed by atoms with van der Waals surface area (Å²) >= 11 is 1.18. The van der Waals surface area contributed by atoms with Gasteiger partial charge in [-0.3, -0.25) is 4.98 Å². The zero-order valence-electron chi connectivity index (χ0n) is 16.5. The van der Waals surface area contributed by atoms with Gasteiger partial charge in [-0.2, -0.15) is 13.2 Å². The summed E-state index contributed by atoms with van der Waals surface area (Å²) in [6.45, 7) is 0. The van der Waals surface area contributed by atoms with Crippen molar-refractivity contribution in [1.29, 1.82) is 0 Å². The molecule has 31 heavy (non-hydrogen) atoms. The number of nitrogens with zero attached hydrogens (tertiary/aromatic N) is 2. The molecule has 0 aliphatic heterocycles. The van der Waals surface area contributed by atoms with Crippen molar-refractivity contribution in [2.24, 2.45) is 0 Å². The second-order valence-corrected chi connectivity index (χ2v) is 8.14. The third-order valence-electron chi connectivity index (χ3n) is 5.32. The third-order valence-corrected chi connectivity index (χ3v) is 6.05. The molecule has 1 fully saturated rings. The van der Waals surface area contributed by atoms with Crippen molar-refractivity contribution in [1.82, 2.24) is 9.97 Å². The van der Waals surface area contributed by atoms with E-state index >= 15 is 4.39 Å². The molecule has 1 aliphatic rings. The Balaban J connectivity index is 1.83. The maximum atomic E-state index is 15.6. The van der Waals surface area contributed by atoms with Gasteiger partial charge < -0.3 is 10.5 Å². The zero-order chi connectivity index (χ0) is 22.2. The van der Waals surface area contributed by atoms with Crippen LogP contribution >= 0.6 is 11.8 Å². The Hall–Kier alpha value is -2.81. The van der Waals surface area contributed by atoms with Gasteiger partial charge in [0.15, 0.2) is 11.6 Å². The molecule has 3 aromatic rings. The number of nitrogen functional groups attached to an aromatic ring is 1. The molecule has 9 heteroatoms. The third kappa shape index (κ3) is 4.32. The van der Waals surface area contributed by atoms with E-state index in [1.807, 2.05) is 0 Å². The zero-order valence-corrected chi connectivity index (χ0v) is 17.4. The molecule has 1 saturated carbocycles. The summed E-state index contributed by atoms with van der Waals surface area (Å²) in [6.07, 6.45) is 2.28. The largest absolute Gasteiger partial charge is 0.453 e. The minimum Gasteiger partial charge on any atom is -0.453 e. The predicted molar refractivity (Wildman–Crippen MR) is 112 cm³/mol. The number of anilines is 1. The molecule has 0 saturated heterocycles. The summed E-state index contributed by atoms with van der Waals surface area (Å²) in [6, 6.07) is 7.01. The van der Waals surface area contributed by atoms with Crippen molar-refractivity contribution in [3.8, 4) is 22.8 Å². The highest BCUT2D eigenvalue weighted by molar-refractivity contribution is 7.98. The Morgan fingerprint density at radius 1 is 1.10 bits per heavy atom. The van der Waals surface area contributed by atoms with Gasteiger partial charge in [0.1, 0.15) is 11.6 Å². The summed E-state index contributed by atoms with van der Waals surface area (Å²) in [5, 5.41) is 0. The lowest BCUT2D eigenvalue weighted by Crippen LogP contribution is -2.13. The lowest BCUT2D eigenvalue weighted by molar-refractivity contribution is -0.138. The summed E-state index contributed by atoms with van der Waals surface area (Å²) in [4.78, 5) is 8.43. The molecule has 1 heterocycles. The van der Waals surface area contributed by atoms with Gasteiger partial charge in [0, 0.05) is 16.0 Å². The Kier molecular flexibility index (Phi) is 5.79. The number of nitrogens with two attached hydrogens (primary N) is 1. The quantitative estimate of drug-likeness (QED) is 0.348. The van der Waals surface area contributed by atoms with Gasteiger partial charge in [-0.1, -0.05) is 12.5 Å². The van der Waals surface area contributed by atoms with Crippen LogP contribution in [0.25, 0.3) is 11.3 Å². The van der Waals surface area contributed by atoms with Crippen LogP contribution in [0.2, 0.25) is 0 Å². The van der Waals surface area contributed by atoms with E-state index in [-0.39, 0.29) is 28.7 Å².